The van der Waals surface area contributed by atoms with Gasteiger partial charge in [-0.05, 0) is 38.0 Å². The van der Waals surface area contributed by atoms with Gasteiger partial charge in [0.2, 0.25) is 0 Å². The van der Waals surface area contributed by atoms with Crippen LogP contribution in [0.4, 0.5) is 21.9 Å². The number of aliphatic hydroxyl groups excluding tert-OH is 1. The SMILES string of the molecule is CCOC(=O)C(CO)NC(=O)c1ccc(N2CCC(N3C(=O)OCc4ccccc43)CC2)c([N+](=O)[O-])c1. The second-order valence-corrected chi connectivity index (χ2v) is 8.69. The maximum absolute atomic E-state index is 12.6. The number of para-hydroxylation sites is 1. The Kier molecular flexibility index (Phi) is 7.87. The maximum Gasteiger partial charge on any atom is 0.414 e. The van der Waals surface area contributed by atoms with Crippen LogP contribution in [0.15, 0.2) is 42.5 Å². The van der Waals surface area contributed by atoms with Crippen molar-refractivity contribution < 1.29 is 33.9 Å². The molecule has 1 saturated heterocycles. The number of benzene rings is 2. The highest BCUT2D eigenvalue weighted by molar-refractivity contribution is 5.98. The Morgan fingerprint density at radius 2 is 1.95 bits per heavy atom. The molecule has 0 spiro atoms. The van der Waals surface area contributed by atoms with E-state index >= 15 is 0 Å². The van der Waals surface area contributed by atoms with E-state index in [2.05, 4.69) is 5.32 Å². The second kappa shape index (κ2) is 11.2. The first-order valence-corrected chi connectivity index (χ1v) is 12.0. The van der Waals surface area contributed by atoms with Crippen LogP contribution < -0.4 is 15.1 Å². The van der Waals surface area contributed by atoms with E-state index in [0.29, 0.717) is 31.6 Å². The van der Waals surface area contributed by atoms with Crippen molar-refractivity contribution in [3.05, 3.63) is 63.7 Å². The molecule has 2 heterocycles. The fraction of sp³-hybridized carbons (Fsp3) is 0.400. The largest absolute Gasteiger partial charge is 0.464 e. The molecule has 1 atom stereocenters. The monoisotopic (exact) mass is 512 g/mol. The van der Waals surface area contributed by atoms with E-state index in [1.54, 1.807) is 11.8 Å². The van der Waals surface area contributed by atoms with Crippen LogP contribution in [0.5, 0.6) is 0 Å². The number of cyclic esters (lactones) is 1. The first-order chi connectivity index (χ1) is 17.8. The third-order valence-electron chi connectivity index (χ3n) is 6.46. The predicted molar refractivity (Wildman–Crippen MR) is 132 cm³/mol. The van der Waals surface area contributed by atoms with Gasteiger partial charge >= 0.3 is 12.1 Å². The zero-order valence-corrected chi connectivity index (χ0v) is 20.3. The molecule has 12 nitrogen and oxygen atoms in total. The van der Waals surface area contributed by atoms with Gasteiger partial charge in [0, 0.05) is 36.3 Å². The molecule has 0 bridgehead atoms. The van der Waals surface area contributed by atoms with Gasteiger partial charge in [0.15, 0.2) is 6.04 Å². The minimum atomic E-state index is -1.28. The fourth-order valence-corrected chi connectivity index (χ4v) is 4.63. The molecule has 0 aromatic heterocycles. The predicted octanol–water partition coefficient (Wildman–Crippen LogP) is 2.37. The number of hydrogen-bond donors (Lipinski definition) is 2. The topological polar surface area (TPSA) is 152 Å². The average Bonchev–Trinajstić information content (AvgIpc) is 2.91. The van der Waals surface area contributed by atoms with E-state index in [1.165, 1.54) is 12.1 Å². The van der Waals surface area contributed by atoms with E-state index in [4.69, 9.17) is 9.47 Å². The molecular weight excluding hydrogens is 484 g/mol. The van der Waals surface area contributed by atoms with Gasteiger partial charge in [0.1, 0.15) is 12.3 Å². The molecule has 0 saturated carbocycles. The van der Waals surface area contributed by atoms with E-state index in [0.717, 1.165) is 17.3 Å². The summed E-state index contributed by atoms with van der Waals surface area (Å²) in [4.78, 5) is 51.9. The van der Waals surface area contributed by atoms with E-state index in [-0.39, 0.29) is 30.5 Å². The average molecular weight is 513 g/mol. The van der Waals surface area contributed by atoms with Crippen LogP contribution in [0.25, 0.3) is 0 Å². The van der Waals surface area contributed by atoms with Crippen molar-refractivity contribution in [2.24, 2.45) is 0 Å². The summed E-state index contributed by atoms with van der Waals surface area (Å²) in [7, 11) is 0. The number of carbonyl (C=O) groups excluding carboxylic acids is 3. The van der Waals surface area contributed by atoms with Crippen molar-refractivity contribution >= 4 is 35.0 Å². The van der Waals surface area contributed by atoms with Crippen molar-refractivity contribution in [2.75, 3.05) is 36.1 Å². The summed E-state index contributed by atoms with van der Waals surface area (Å²) >= 11 is 0. The first kappa shape index (κ1) is 25.9. The summed E-state index contributed by atoms with van der Waals surface area (Å²) in [6.07, 6.45) is 0.740. The van der Waals surface area contributed by atoms with Crippen LogP contribution in [-0.4, -0.2) is 66.4 Å². The van der Waals surface area contributed by atoms with Crippen LogP contribution in [0.1, 0.15) is 35.7 Å². The van der Waals surface area contributed by atoms with Crippen LogP contribution in [0, 0.1) is 10.1 Å². The normalized spacial score (nSPS) is 16.4. The van der Waals surface area contributed by atoms with Gasteiger partial charge in [-0.1, -0.05) is 18.2 Å². The third-order valence-corrected chi connectivity index (χ3v) is 6.46. The van der Waals surface area contributed by atoms with Gasteiger partial charge in [-0.15, -0.1) is 0 Å². The van der Waals surface area contributed by atoms with Gasteiger partial charge in [0.25, 0.3) is 11.6 Å². The number of amides is 2. The number of piperidine rings is 1. The molecule has 2 aliphatic rings. The molecule has 12 heteroatoms. The summed E-state index contributed by atoms with van der Waals surface area (Å²) in [6.45, 7) is 2.14. The van der Waals surface area contributed by atoms with E-state index in [9.17, 15) is 29.6 Å². The quantitative estimate of drug-likeness (QED) is 0.308. The van der Waals surface area contributed by atoms with E-state index in [1.807, 2.05) is 29.2 Å². The Hall–Kier alpha value is -4.19. The van der Waals surface area contributed by atoms with Crippen LogP contribution in [0.3, 0.4) is 0 Å². The molecule has 0 aliphatic carbocycles. The number of fused-ring (bicyclic) bond motifs is 1. The van der Waals surface area contributed by atoms with Crippen molar-refractivity contribution in [3.63, 3.8) is 0 Å². The second-order valence-electron chi connectivity index (χ2n) is 8.69. The number of aliphatic hydroxyl groups is 1. The zero-order chi connectivity index (χ0) is 26.5. The molecular formula is C25H28N4O8. The number of rotatable bonds is 8. The molecule has 2 aromatic rings. The van der Waals surface area contributed by atoms with Gasteiger partial charge in [0.05, 0.1) is 23.8 Å². The van der Waals surface area contributed by atoms with Crippen molar-refractivity contribution in [2.45, 2.75) is 38.5 Å². The Morgan fingerprint density at radius 1 is 1.22 bits per heavy atom. The molecule has 0 radical (unpaired) electrons. The lowest BCUT2D eigenvalue weighted by Crippen LogP contribution is -2.49. The van der Waals surface area contributed by atoms with Crippen LogP contribution in [-0.2, 0) is 20.9 Å². The molecule has 1 unspecified atom stereocenters. The highest BCUT2D eigenvalue weighted by Crippen LogP contribution is 2.35. The Morgan fingerprint density at radius 3 is 2.62 bits per heavy atom. The maximum atomic E-state index is 12.6. The molecule has 2 amide bonds. The molecule has 1 fully saturated rings. The third kappa shape index (κ3) is 5.48. The van der Waals surface area contributed by atoms with E-state index < -0.39 is 35.5 Å². The fourth-order valence-electron chi connectivity index (χ4n) is 4.63. The number of nitrogens with zero attached hydrogens (tertiary/aromatic N) is 3. The van der Waals surface area contributed by atoms with Gasteiger partial charge < -0.3 is 24.8 Å². The van der Waals surface area contributed by atoms with Crippen molar-refractivity contribution in [1.29, 1.82) is 0 Å². The number of anilines is 2. The minimum absolute atomic E-state index is 0.0271. The summed E-state index contributed by atoms with van der Waals surface area (Å²) < 4.78 is 10.1. The first-order valence-electron chi connectivity index (χ1n) is 12.0. The standard InChI is InChI=1S/C25H28N4O8/c1-2-36-24(32)19(14-30)26-23(31)16-7-8-21(22(13-16)29(34)35)27-11-9-18(10-12-27)28-20-6-4-3-5-17(20)15-37-25(28)33/h3-8,13,18-19,30H,2,9-12,14-15H2,1H3,(H,26,31). The zero-order valence-electron chi connectivity index (χ0n) is 20.3. The molecule has 2 aromatic carbocycles. The number of esters is 1. The Labute approximate surface area is 212 Å². The highest BCUT2D eigenvalue weighted by Gasteiger charge is 2.35. The number of carbonyl (C=O) groups is 3. The molecule has 2 aliphatic heterocycles. The minimum Gasteiger partial charge on any atom is -0.464 e. The lowest BCUT2D eigenvalue weighted by Gasteiger charge is -2.40. The van der Waals surface area contributed by atoms with Crippen molar-refractivity contribution in [3.8, 4) is 0 Å². The Bertz CT molecular complexity index is 1190. The number of nitro groups is 1. The van der Waals surface area contributed by atoms with Gasteiger partial charge in [-0.2, -0.15) is 0 Å². The number of ether oxygens (including phenoxy) is 2. The summed E-state index contributed by atoms with van der Waals surface area (Å²) in [5, 5.41) is 23.6. The number of nitrogens with one attached hydrogen (secondary N) is 1. The Balaban J connectivity index is 1.48. The lowest BCUT2D eigenvalue weighted by molar-refractivity contribution is -0.384. The summed E-state index contributed by atoms with van der Waals surface area (Å²) in [5.41, 5.74) is 1.82. The smallest absolute Gasteiger partial charge is 0.414 e. The van der Waals surface area contributed by atoms with Gasteiger partial charge in [-0.3, -0.25) is 19.8 Å². The van der Waals surface area contributed by atoms with Gasteiger partial charge in [-0.25, -0.2) is 9.59 Å². The summed E-state index contributed by atoms with van der Waals surface area (Å²) in [5.74, 6) is -1.55. The van der Waals surface area contributed by atoms with Crippen molar-refractivity contribution in [1.82, 2.24) is 5.32 Å². The molecule has 196 valence electrons. The highest BCUT2D eigenvalue weighted by atomic mass is 16.6. The molecule has 37 heavy (non-hydrogen) atoms. The molecule has 2 N–H and O–H groups in total. The number of hydrogen-bond acceptors (Lipinski definition) is 9. The molecule has 4 rings (SSSR count). The van der Waals surface area contributed by atoms with Crippen LogP contribution in [0.2, 0.25) is 0 Å². The summed E-state index contributed by atoms with van der Waals surface area (Å²) in [6, 6.07) is 10.2. The van der Waals surface area contributed by atoms with Crippen LogP contribution >= 0.6 is 0 Å². The number of nitro benzene ring substituents is 1. The lowest BCUT2D eigenvalue weighted by atomic mass is 9.99.